The van der Waals surface area contributed by atoms with E-state index in [0.29, 0.717) is 13.1 Å². The van der Waals surface area contributed by atoms with Crippen LogP contribution >= 0.6 is 53.4 Å². The zero-order valence-corrected chi connectivity index (χ0v) is 51.3. The minimum Gasteiger partial charge on any atom is -0.374 e. The predicted octanol–water partition coefficient (Wildman–Crippen LogP) is 16.6. The normalized spacial score (nSPS) is 12.1. The summed E-state index contributed by atoms with van der Waals surface area (Å²) in [6, 6.07) is 72.5. The second-order valence-corrected chi connectivity index (χ2v) is 25.0. The molecule has 0 bridgehead atoms. The van der Waals surface area contributed by atoms with Gasteiger partial charge in [-0.3, -0.25) is 9.59 Å². The van der Waals surface area contributed by atoms with Crippen LogP contribution in [0.1, 0.15) is 83.0 Å². The Kier molecular flexibility index (Phi) is 21.1. The van der Waals surface area contributed by atoms with Crippen LogP contribution in [0.2, 0.25) is 0 Å². The van der Waals surface area contributed by atoms with Gasteiger partial charge in [-0.15, -0.1) is 0 Å². The van der Waals surface area contributed by atoms with E-state index in [-0.39, 0.29) is 36.1 Å². The van der Waals surface area contributed by atoms with E-state index in [1.165, 1.54) is 0 Å². The van der Waals surface area contributed by atoms with Crippen molar-refractivity contribution >= 4 is 98.5 Å². The minimum absolute atomic E-state index is 0.261. The lowest BCUT2D eigenvalue weighted by Crippen LogP contribution is -2.36. The number of aromatic amines is 2. The van der Waals surface area contributed by atoms with E-state index < -0.39 is 11.2 Å². The van der Waals surface area contributed by atoms with Gasteiger partial charge in [0, 0.05) is 114 Å². The van der Waals surface area contributed by atoms with Crippen LogP contribution in [0.5, 0.6) is 0 Å². The number of hydrogen-bond acceptors (Lipinski definition) is 8. The summed E-state index contributed by atoms with van der Waals surface area (Å²) < 4.78 is 1.90. The van der Waals surface area contributed by atoms with Crippen molar-refractivity contribution in [3.63, 3.8) is 0 Å². The zero-order chi connectivity index (χ0) is 57.8. The molecule has 10 aromatic rings. The van der Waals surface area contributed by atoms with E-state index in [4.69, 9.17) is 20.0 Å². The SMILES string of the molecule is O=C(NCCCCCSSCCCCCNC(=O)/C(Cc1c[nH]c2ccc(Br)cc12)=N/OC(c1ccccc1)(c1ccccc1)c1ccccc1)/C(Cc1c[nH]c2ccc(Br)cc12)=N/OC(c1ccccc1)(c1ccccc1)c1ccccc1. The summed E-state index contributed by atoms with van der Waals surface area (Å²) >= 11 is 7.27. The monoisotopic (exact) mass is 1280 g/mol. The van der Waals surface area contributed by atoms with Gasteiger partial charge in [-0.1, -0.05) is 259 Å². The molecule has 0 spiro atoms. The Balaban J connectivity index is 0.713. The van der Waals surface area contributed by atoms with Crippen LogP contribution in [0.3, 0.4) is 0 Å². The standard InChI is InChI=1S/C70H66Br2N6O4S2/c71-59-37-39-63-61(47-59)51(49-75-63)45-65(77-81-69(53-25-9-1-10-26-53,54-27-11-2-12-28-54)55-29-13-3-14-30-55)67(79)73-41-21-7-23-43-83-84-44-24-8-22-42-74-68(80)66(46-52-50-76-64-40-38-60(72)48-62(52)64)78-82-70(56-31-15-4-16-32-56,57-33-17-5-18-34-57)58-35-19-6-20-36-58/h1-6,9-20,25-40,47-50,75-76H,7-8,21-24,41-46H2,(H,73,79)(H,74,80)/b77-65+,78-66+. The van der Waals surface area contributed by atoms with Crippen molar-refractivity contribution in [3.05, 3.63) is 284 Å². The number of nitrogens with zero attached hydrogens (tertiary/aromatic N) is 2. The second kappa shape index (κ2) is 29.8. The molecule has 0 saturated carbocycles. The lowest BCUT2D eigenvalue weighted by Gasteiger charge is -2.33. The third-order valence-corrected chi connectivity index (χ3v) is 18.4. The molecule has 0 aliphatic heterocycles. The number of halogens is 2. The van der Waals surface area contributed by atoms with E-state index in [0.717, 1.165) is 125 Å². The van der Waals surface area contributed by atoms with Crippen molar-refractivity contribution in [1.82, 2.24) is 20.6 Å². The van der Waals surface area contributed by atoms with E-state index in [2.05, 4.69) is 64.6 Å². The van der Waals surface area contributed by atoms with Crippen LogP contribution in [0, 0.1) is 0 Å². The summed E-state index contributed by atoms with van der Waals surface area (Å²) in [5.41, 5.74) is 7.48. The summed E-state index contributed by atoms with van der Waals surface area (Å²) in [7, 11) is 3.78. The molecule has 0 fully saturated rings. The fourth-order valence-corrected chi connectivity index (χ4v) is 13.5. The van der Waals surface area contributed by atoms with Crippen molar-refractivity contribution in [1.29, 1.82) is 0 Å². The van der Waals surface area contributed by atoms with Gasteiger partial charge in [0.2, 0.25) is 11.2 Å². The van der Waals surface area contributed by atoms with Crippen LogP contribution in [0.4, 0.5) is 0 Å². The third-order valence-electron chi connectivity index (χ3n) is 14.8. The molecule has 2 heterocycles. The van der Waals surface area contributed by atoms with E-state index in [9.17, 15) is 9.59 Å². The smallest absolute Gasteiger partial charge is 0.269 e. The maximum absolute atomic E-state index is 14.3. The van der Waals surface area contributed by atoms with E-state index in [1.807, 2.05) is 240 Å². The number of carbonyl (C=O) groups is 2. The Morgan fingerprint density at radius 2 is 0.726 bits per heavy atom. The number of amides is 2. The van der Waals surface area contributed by atoms with Gasteiger partial charge in [0.15, 0.2) is 0 Å². The van der Waals surface area contributed by atoms with Crippen molar-refractivity contribution in [2.75, 3.05) is 24.6 Å². The lowest BCUT2D eigenvalue weighted by atomic mass is 9.80. The van der Waals surface area contributed by atoms with Gasteiger partial charge in [0.05, 0.1) is 0 Å². The molecule has 0 unspecified atom stereocenters. The summed E-state index contributed by atoms with van der Waals surface area (Å²) in [6.07, 6.45) is 10.1. The van der Waals surface area contributed by atoms with Crippen LogP contribution in [-0.4, -0.2) is 57.8 Å². The predicted molar refractivity (Wildman–Crippen MR) is 353 cm³/mol. The molecule has 10 rings (SSSR count). The molecule has 0 aliphatic carbocycles. The third kappa shape index (κ3) is 14.6. The molecular weight excluding hydrogens is 1210 g/mol. The molecule has 0 atom stereocenters. The van der Waals surface area contributed by atoms with Gasteiger partial charge in [-0.25, -0.2) is 0 Å². The fraction of sp³-hybridized carbons (Fsp3) is 0.200. The summed E-state index contributed by atoms with van der Waals surface area (Å²) in [6.45, 7) is 1.04. The molecule has 2 amide bonds. The van der Waals surface area contributed by atoms with Gasteiger partial charge in [0.25, 0.3) is 11.8 Å². The highest BCUT2D eigenvalue weighted by Gasteiger charge is 2.41. The minimum atomic E-state index is -1.13. The molecule has 14 heteroatoms. The highest BCUT2D eigenvalue weighted by atomic mass is 79.9. The Hall–Kier alpha value is -7.62. The number of H-pyrrole nitrogens is 2. The Morgan fingerprint density at radius 1 is 0.417 bits per heavy atom. The van der Waals surface area contributed by atoms with Crippen molar-refractivity contribution < 1.29 is 19.3 Å². The fourth-order valence-electron chi connectivity index (χ4n) is 10.5. The molecule has 426 valence electrons. The van der Waals surface area contributed by atoms with Gasteiger partial charge in [0.1, 0.15) is 11.4 Å². The number of nitrogens with one attached hydrogen (secondary N) is 4. The lowest BCUT2D eigenvalue weighted by molar-refractivity contribution is -0.116. The number of aromatic nitrogens is 2. The average molecular weight is 1280 g/mol. The molecular formula is C70H66Br2N6O4S2. The topological polar surface area (TPSA) is 133 Å². The Morgan fingerprint density at radius 3 is 1.04 bits per heavy atom. The molecule has 8 aromatic carbocycles. The maximum Gasteiger partial charge on any atom is 0.269 e. The number of hydrogen-bond donors (Lipinski definition) is 4. The first-order valence-corrected chi connectivity index (χ1v) is 32.5. The number of benzene rings is 8. The van der Waals surface area contributed by atoms with Gasteiger partial charge >= 0.3 is 0 Å². The Labute approximate surface area is 516 Å². The average Bonchev–Trinajstić information content (AvgIpc) is 4.16. The number of carbonyl (C=O) groups excluding carboxylic acids is 2. The zero-order valence-electron chi connectivity index (χ0n) is 46.5. The quantitative estimate of drug-likeness (QED) is 0.0121. The van der Waals surface area contributed by atoms with Crippen LogP contribution in [-0.2, 0) is 43.3 Å². The van der Waals surface area contributed by atoms with E-state index >= 15 is 0 Å². The summed E-state index contributed by atoms with van der Waals surface area (Å²) in [5, 5.41) is 18.0. The van der Waals surface area contributed by atoms with Crippen molar-refractivity contribution in [2.45, 2.75) is 62.6 Å². The molecule has 4 N–H and O–H groups in total. The largest absolute Gasteiger partial charge is 0.374 e. The first-order chi connectivity index (χ1) is 41.3. The first kappa shape index (κ1) is 59.5. The number of unbranched alkanes of at least 4 members (excludes halogenated alkanes) is 4. The highest BCUT2D eigenvalue weighted by Crippen LogP contribution is 2.43. The van der Waals surface area contributed by atoms with Crippen molar-refractivity contribution in [3.8, 4) is 0 Å². The molecule has 84 heavy (non-hydrogen) atoms. The first-order valence-electron chi connectivity index (χ1n) is 28.5. The number of rotatable bonds is 29. The molecule has 0 aliphatic rings. The van der Waals surface area contributed by atoms with E-state index in [1.54, 1.807) is 0 Å². The molecule has 0 saturated heterocycles. The molecule has 2 aromatic heterocycles. The Bertz CT molecular complexity index is 3330. The van der Waals surface area contributed by atoms with Crippen molar-refractivity contribution in [2.24, 2.45) is 10.3 Å². The maximum atomic E-state index is 14.3. The molecule has 0 radical (unpaired) electrons. The molecule has 10 nitrogen and oxygen atoms in total. The summed E-state index contributed by atoms with van der Waals surface area (Å²) in [4.78, 5) is 49.0. The van der Waals surface area contributed by atoms with Gasteiger partial charge in [-0.2, -0.15) is 0 Å². The second-order valence-electron chi connectivity index (χ2n) is 20.5. The van der Waals surface area contributed by atoms with Crippen LogP contribution in [0.15, 0.2) is 250 Å². The van der Waals surface area contributed by atoms with Crippen LogP contribution in [0.25, 0.3) is 21.8 Å². The summed E-state index contributed by atoms with van der Waals surface area (Å²) in [5.74, 6) is 1.51. The number of fused-ring (bicyclic) bond motifs is 2. The van der Waals surface area contributed by atoms with Crippen LogP contribution < -0.4 is 10.6 Å². The number of oxime groups is 2. The highest BCUT2D eigenvalue weighted by molar-refractivity contribution is 9.10. The van der Waals surface area contributed by atoms with Gasteiger partial charge < -0.3 is 30.3 Å². The van der Waals surface area contributed by atoms with Gasteiger partial charge in [-0.05, 0) is 73.2 Å².